The Hall–Kier alpha value is -1.53. The predicted octanol–water partition coefficient (Wildman–Crippen LogP) is 2.54. The Balaban J connectivity index is 1.74. The van der Waals surface area contributed by atoms with E-state index in [1.165, 1.54) is 0 Å². The second-order valence-corrected chi connectivity index (χ2v) is 7.17. The summed E-state index contributed by atoms with van der Waals surface area (Å²) in [7, 11) is 0. The number of nitrogens with one attached hydrogen (secondary N) is 1. The molecule has 0 radical (unpaired) electrons. The van der Waals surface area contributed by atoms with Crippen LogP contribution in [0.2, 0.25) is 0 Å². The molecule has 5 nitrogen and oxygen atoms in total. The topological polar surface area (TPSA) is 52.7 Å². The number of thioether (sulfide) groups is 1. The quantitative estimate of drug-likeness (QED) is 0.802. The van der Waals surface area contributed by atoms with Crippen molar-refractivity contribution in [2.45, 2.75) is 25.2 Å². The molecule has 0 aliphatic carbocycles. The molecular weight excluding hydrogens is 322 g/mol. The van der Waals surface area contributed by atoms with Crippen LogP contribution in [0.5, 0.6) is 0 Å². The smallest absolute Gasteiger partial charge is 0.225 e. The molecule has 132 valence electrons. The standard InChI is InChI=1S/C18H27N3O2S/c1-14(2)18(23)21-12-10-20(11-13-21)9-8-17(22)19-15-6-4-5-7-16(15)24-3/h4-7,14H,8-13H2,1-3H3,(H,19,22). The van der Waals surface area contributed by atoms with Gasteiger partial charge in [-0.05, 0) is 18.4 Å². The Morgan fingerprint density at radius 2 is 1.83 bits per heavy atom. The number of amides is 2. The second-order valence-electron chi connectivity index (χ2n) is 6.32. The van der Waals surface area contributed by atoms with Crippen molar-refractivity contribution in [3.8, 4) is 0 Å². The summed E-state index contributed by atoms with van der Waals surface area (Å²) in [6, 6.07) is 7.84. The van der Waals surface area contributed by atoms with Crippen LogP contribution in [-0.4, -0.2) is 60.6 Å². The molecule has 1 aliphatic heterocycles. The van der Waals surface area contributed by atoms with E-state index in [9.17, 15) is 9.59 Å². The van der Waals surface area contributed by atoms with Gasteiger partial charge in [0, 0.05) is 50.0 Å². The monoisotopic (exact) mass is 349 g/mol. The van der Waals surface area contributed by atoms with E-state index in [0.29, 0.717) is 6.42 Å². The van der Waals surface area contributed by atoms with E-state index < -0.39 is 0 Å². The van der Waals surface area contributed by atoms with Crippen molar-refractivity contribution in [2.24, 2.45) is 5.92 Å². The summed E-state index contributed by atoms with van der Waals surface area (Å²) in [5.74, 6) is 0.317. The molecule has 1 aromatic carbocycles. The number of hydrogen-bond acceptors (Lipinski definition) is 4. The van der Waals surface area contributed by atoms with Crippen molar-refractivity contribution in [3.05, 3.63) is 24.3 Å². The van der Waals surface area contributed by atoms with Gasteiger partial charge in [0.15, 0.2) is 0 Å². The van der Waals surface area contributed by atoms with Gasteiger partial charge < -0.3 is 10.2 Å². The van der Waals surface area contributed by atoms with E-state index in [1.54, 1.807) is 11.8 Å². The maximum atomic E-state index is 12.2. The summed E-state index contributed by atoms with van der Waals surface area (Å²) in [6.45, 7) is 7.80. The van der Waals surface area contributed by atoms with Gasteiger partial charge in [0.25, 0.3) is 0 Å². The molecule has 6 heteroatoms. The molecular formula is C18H27N3O2S. The minimum absolute atomic E-state index is 0.0391. The molecule has 1 N–H and O–H groups in total. The minimum atomic E-state index is 0.0391. The molecule has 1 aliphatic rings. The molecule has 1 fully saturated rings. The van der Waals surface area contributed by atoms with Gasteiger partial charge >= 0.3 is 0 Å². The first kappa shape index (κ1) is 18.8. The molecule has 2 amide bonds. The fourth-order valence-electron chi connectivity index (χ4n) is 2.78. The minimum Gasteiger partial charge on any atom is -0.340 e. The van der Waals surface area contributed by atoms with Crippen LogP contribution >= 0.6 is 11.8 Å². The third kappa shape index (κ3) is 5.24. The number of rotatable bonds is 6. The molecule has 0 saturated carbocycles. The molecule has 1 aromatic rings. The highest BCUT2D eigenvalue weighted by Crippen LogP contribution is 2.24. The van der Waals surface area contributed by atoms with Gasteiger partial charge in [-0.3, -0.25) is 14.5 Å². The van der Waals surface area contributed by atoms with Crippen LogP contribution < -0.4 is 5.32 Å². The number of nitrogens with zero attached hydrogens (tertiary/aromatic N) is 2. The van der Waals surface area contributed by atoms with Crippen LogP contribution in [0, 0.1) is 5.92 Å². The maximum absolute atomic E-state index is 12.2. The predicted molar refractivity (Wildman–Crippen MR) is 99.3 cm³/mol. The second kappa shape index (κ2) is 9.08. The Labute approximate surface area is 148 Å². The number of carbonyl (C=O) groups is 2. The lowest BCUT2D eigenvalue weighted by molar-refractivity contribution is -0.136. The molecule has 24 heavy (non-hydrogen) atoms. The van der Waals surface area contributed by atoms with Crippen molar-refractivity contribution >= 4 is 29.3 Å². The highest BCUT2D eigenvalue weighted by molar-refractivity contribution is 7.98. The number of benzene rings is 1. The van der Waals surface area contributed by atoms with Gasteiger partial charge in [0.05, 0.1) is 5.69 Å². The van der Waals surface area contributed by atoms with Gasteiger partial charge in [-0.15, -0.1) is 11.8 Å². The summed E-state index contributed by atoms with van der Waals surface area (Å²) >= 11 is 1.63. The first-order valence-electron chi connectivity index (χ1n) is 8.45. The van der Waals surface area contributed by atoms with E-state index in [-0.39, 0.29) is 17.7 Å². The lowest BCUT2D eigenvalue weighted by atomic mass is 10.1. The molecule has 0 atom stereocenters. The van der Waals surface area contributed by atoms with Crippen LogP contribution in [0.15, 0.2) is 29.2 Å². The summed E-state index contributed by atoms with van der Waals surface area (Å²) < 4.78 is 0. The Kier molecular flexibility index (Phi) is 7.12. The zero-order valence-corrected chi connectivity index (χ0v) is 15.6. The normalized spacial score (nSPS) is 15.6. The lowest BCUT2D eigenvalue weighted by Crippen LogP contribution is -2.50. The Morgan fingerprint density at radius 1 is 1.17 bits per heavy atom. The van der Waals surface area contributed by atoms with Gasteiger partial charge in [0.2, 0.25) is 11.8 Å². The van der Waals surface area contributed by atoms with Crippen molar-refractivity contribution in [3.63, 3.8) is 0 Å². The Bertz CT molecular complexity index is 569. The maximum Gasteiger partial charge on any atom is 0.225 e. The number of hydrogen-bond donors (Lipinski definition) is 1. The van der Waals surface area contributed by atoms with Crippen molar-refractivity contribution in [1.82, 2.24) is 9.80 Å². The van der Waals surface area contributed by atoms with Crippen molar-refractivity contribution < 1.29 is 9.59 Å². The van der Waals surface area contributed by atoms with Gasteiger partial charge in [0.1, 0.15) is 0 Å². The fourth-order valence-corrected chi connectivity index (χ4v) is 3.33. The van der Waals surface area contributed by atoms with E-state index in [0.717, 1.165) is 43.3 Å². The third-order valence-corrected chi connectivity index (χ3v) is 5.01. The average molecular weight is 350 g/mol. The summed E-state index contributed by atoms with van der Waals surface area (Å²) in [5.41, 5.74) is 0.877. The van der Waals surface area contributed by atoms with Gasteiger partial charge in [-0.25, -0.2) is 0 Å². The van der Waals surface area contributed by atoms with E-state index >= 15 is 0 Å². The molecule has 0 unspecified atom stereocenters. The Morgan fingerprint density at radius 3 is 2.46 bits per heavy atom. The van der Waals surface area contributed by atoms with Crippen LogP contribution in [0.1, 0.15) is 20.3 Å². The first-order valence-corrected chi connectivity index (χ1v) is 9.67. The first-order chi connectivity index (χ1) is 11.5. The number of piperazine rings is 1. The van der Waals surface area contributed by atoms with Crippen LogP contribution in [0.4, 0.5) is 5.69 Å². The zero-order valence-electron chi connectivity index (χ0n) is 14.7. The largest absolute Gasteiger partial charge is 0.340 e. The highest BCUT2D eigenvalue weighted by Gasteiger charge is 2.22. The number of carbonyl (C=O) groups excluding carboxylic acids is 2. The van der Waals surface area contributed by atoms with Gasteiger partial charge in [-0.2, -0.15) is 0 Å². The number of anilines is 1. The van der Waals surface area contributed by atoms with E-state index in [1.807, 2.05) is 49.3 Å². The highest BCUT2D eigenvalue weighted by atomic mass is 32.2. The zero-order chi connectivity index (χ0) is 17.5. The van der Waals surface area contributed by atoms with E-state index in [2.05, 4.69) is 10.2 Å². The van der Waals surface area contributed by atoms with Crippen molar-refractivity contribution in [1.29, 1.82) is 0 Å². The molecule has 0 bridgehead atoms. The SMILES string of the molecule is CSc1ccccc1NC(=O)CCN1CCN(C(=O)C(C)C)CC1. The summed E-state index contributed by atoms with van der Waals surface area (Å²) in [6.07, 6.45) is 2.48. The van der Waals surface area contributed by atoms with Crippen molar-refractivity contribution in [2.75, 3.05) is 44.3 Å². The molecule has 1 saturated heterocycles. The molecule has 1 heterocycles. The molecule has 0 spiro atoms. The fraction of sp³-hybridized carbons (Fsp3) is 0.556. The third-order valence-electron chi connectivity index (χ3n) is 4.21. The van der Waals surface area contributed by atoms with Crippen LogP contribution in [0.3, 0.4) is 0 Å². The molecule has 2 rings (SSSR count). The van der Waals surface area contributed by atoms with E-state index in [4.69, 9.17) is 0 Å². The number of para-hydroxylation sites is 1. The summed E-state index contributed by atoms with van der Waals surface area (Å²) in [4.78, 5) is 29.4. The average Bonchev–Trinajstić information content (AvgIpc) is 2.60. The summed E-state index contributed by atoms with van der Waals surface area (Å²) in [5, 5.41) is 2.99. The van der Waals surface area contributed by atoms with Crippen LogP contribution in [-0.2, 0) is 9.59 Å². The molecule has 0 aromatic heterocycles. The van der Waals surface area contributed by atoms with Crippen LogP contribution in [0.25, 0.3) is 0 Å². The van der Waals surface area contributed by atoms with Gasteiger partial charge in [-0.1, -0.05) is 26.0 Å². The lowest BCUT2D eigenvalue weighted by Gasteiger charge is -2.35.